The van der Waals surface area contributed by atoms with E-state index in [4.69, 9.17) is 0 Å². The lowest BCUT2D eigenvalue weighted by Gasteiger charge is -2.31. The molecule has 1 aromatic carbocycles. The Morgan fingerprint density at radius 2 is 2.00 bits per heavy atom. The molecule has 0 radical (unpaired) electrons. The number of benzene rings is 1. The van der Waals surface area contributed by atoms with E-state index in [9.17, 15) is 9.59 Å². The van der Waals surface area contributed by atoms with Gasteiger partial charge in [0.25, 0.3) is 0 Å². The molecule has 0 aliphatic carbocycles. The Bertz CT molecular complexity index is 526. The predicted molar refractivity (Wildman–Crippen MR) is 76.6 cm³/mol. The molecule has 2 rings (SSSR count). The number of anilines is 1. The second-order valence-electron chi connectivity index (χ2n) is 6.48. The standard InChI is InChI=1S/C16H21NO2/c1-11-5-6-13-12(9-11)14(18)7-8-17(13)15(19)10-16(2,3)4/h5-6,9H,7-8,10H2,1-4H3. The van der Waals surface area contributed by atoms with E-state index in [1.54, 1.807) is 4.90 Å². The maximum absolute atomic E-state index is 12.4. The average Bonchev–Trinajstić information content (AvgIpc) is 2.27. The molecule has 0 atom stereocenters. The SMILES string of the molecule is Cc1ccc2c(c1)C(=O)CCN2C(=O)CC(C)(C)C. The molecule has 1 heterocycles. The third kappa shape index (κ3) is 3.03. The zero-order valence-electron chi connectivity index (χ0n) is 12.1. The second kappa shape index (κ2) is 4.80. The Hall–Kier alpha value is -1.64. The zero-order chi connectivity index (χ0) is 14.2. The van der Waals surface area contributed by atoms with Crippen LogP contribution in [0.5, 0.6) is 0 Å². The van der Waals surface area contributed by atoms with Crippen LogP contribution in [0.25, 0.3) is 0 Å². The van der Waals surface area contributed by atoms with Crippen molar-refractivity contribution in [2.45, 2.75) is 40.5 Å². The van der Waals surface area contributed by atoms with Crippen LogP contribution in [-0.2, 0) is 4.79 Å². The summed E-state index contributed by atoms with van der Waals surface area (Å²) in [4.78, 5) is 26.1. The first-order chi connectivity index (χ1) is 8.78. The Labute approximate surface area is 114 Å². The summed E-state index contributed by atoms with van der Waals surface area (Å²) < 4.78 is 0. The molecular weight excluding hydrogens is 238 g/mol. The average molecular weight is 259 g/mol. The van der Waals surface area contributed by atoms with Gasteiger partial charge in [-0.05, 0) is 24.5 Å². The molecule has 0 aromatic heterocycles. The van der Waals surface area contributed by atoms with Gasteiger partial charge in [0.05, 0.1) is 5.69 Å². The Morgan fingerprint density at radius 3 is 2.63 bits per heavy atom. The van der Waals surface area contributed by atoms with Crippen LogP contribution in [-0.4, -0.2) is 18.2 Å². The molecule has 1 aromatic rings. The van der Waals surface area contributed by atoms with Crippen molar-refractivity contribution < 1.29 is 9.59 Å². The van der Waals surface area contributed by atoms with Crippen LogP contribution in [0.15, 0.2) is 18.2 Å². The Morgan fingerprint density at radius 1 is 1.32 bits per heavy atom. The number of amides is 1. The molecule has 1 amide bonds. The van der Waals surface area contributed by atoms with Crippen LogP contribution < -0.4 is 4.90 Å². The number of hydrogen-bond acceptors (Lipinski definition) is 2. The number of Topliss-reactive ketones (excluding diaryl/α,β-unsaturated/α-hetero) is 1. The van der Waals surface area contributed by atoms with E-state index in [1.165, 1.54) is 0 Å². The summed E-state index contributed by atoms with van der Waals surface area (Å²) in [7, 11) is 0. The van der Waals surface area contributed by atoms with Gasteiger partial charge in [0.1, 0.15) is 0 Å². The van der Waals surface area contributed by atoms with Crippen molar-refractivity contribution >= 4 is 17.4 Å². The minimum absolute atomic E-state index is 0.0383. The molecule has 1 aliphatic rings. The van der Waals surface area contributed by atoms with Gasteiger partial charge in [-0.1, -0.05) is 32.4 Å². The van der Waals surface area contributed by atoms with Crippen LogP contribution in [0.1, 0.15) is 49.5 Å². The molecule has 3 heteroatoms. The number of nitrogens with zero attached hydrogens (tertiary/aromatic N) is 1. The Kier molecular flexibility index (Phi) is 3.48. The van der Waals surface area contributed by atoms with Gasteiger partial charge in [0.15, 0.2) is 5.78 Å². The van der Waals surface area contributed by atoms with Gasteiger partial charge in [-0.2, -0.15) is 0 Å². The van der Waals surface area contributed by atoms with Crippen LogP contribution in [0.3, 0.4) is 0 Å². The normalized spacial score (nSPS) is 15.4. The highest BCUT2D eigenvalue weighted by atomic mass is 16.2. The number of ketones is 1. The molecule has 3 nitrogen and oxygen atoms in total. The number of rotatable bonds is 1. The van der Waals surface area contributed by atoms with Crippen molar-refractivity contribution in [2.24, 2.45) is 5.41 Å². The smallest absolute Gasteiger partial charge is 0.227 e. The summed E-state index contributed by atoms with van der Waals surface area (Å²) in [6.07, 6.45) is 0.918. The lowest BCUT2D eigenvalue weighted by molar-refractivity contribution is -0.120. The monoisotopic (exact) mass is 259 g/mol. The topological polar surface area (TPSA) is 37.4 Å². The number of carbonyl (C=O) groups is 2. The summed E-state index contributed by atoms with van der Waals surface area (Å²) in [5, 5.41) is 0. The van der Waals surface area contributed by atoms with Gasteiger partial charge in [-0.3, -0.25) is 9.59 Å². The summed E-state index contributed by atoms with van der Waals surface area (Å²) >= 11 is 0. The molecule has 0 saturated heterocycles. The predicted octanol–water partition coefficient (Wildman–Crippen LogP) is 3.35. The molecule has 0 saturated carbocycles. The summed E-state index contributed by atoms with van der Waals surface area (Å²) in [6, 6.07) is 5.73. The molecule has 0 unspecified atom stereocenters. The number of aryl methyl sites for hydroxylation is 1. The minimum atomic E-state index is -0.0383. The molecule has 1 aliphatic heterocycles. The van der Waals surface area contributed by atoms with Gasteiger partial charge >= 0.3 is 0 Å². The summed E-state index contributed by atoms with van der Waals surface area (Å²) in [6.45, 7) is 8.62. The summed E-state index contributed by atoms with van der Waals surface area (Å²) in [5.74, 6) is 0.239. The van der Waals surface area contributed by atoms with Crippen LogP contribution in [0.4, 0.5) is 5.69 Å². The first-order valence-corrected chi connectivity index (χ1v) is 6.72. The third-order valence-corrected chi connectivity index (χ3v) is 3.29. The Balaban J connectivity index is 2.33. The molecule has 0 N–H and O–H groups in total. The first kappa shape index (κ1) is 13.8. The van der Waals surface area contributed by atoms with E-state index in [1.807, 2.05) is 25.1 Å². The van der Waals surface area contributed by atoms with Crippen molar-refractivity contribution in [3.05, 3.63) is 29.3 Å². The molecule has 0 spiro atoms. The molecule has 0 bridgehead atoms. The highest BCUT2D eigenvalue weighted by Crippen LogP contribution is 2.30. The van der Waals surface area contributed by atoms with Crippen LogP contribution >= 0.6 is 0 Å². The van der Waals surface area contributed by atoms with Crippen molar-refractivity contribution in [3.8, 4) is 0 Å². The fraction of sp³-hybridized carbons (Fsp3) is 0.500. The highest BCUT2D eigenvalue weighted by Gasteiger charge is 2.29. The quantitative estimate of drug-likeness (QED) is 0.775. The fourth-order valence-electron chi connectivity index (χ4n) is 2.39. The van der Waals surface area contributed by atoms with E-state index in [0.717, 1.165) is 11.3 Å². The van der Waals surface area contributed by atoms with Crippen LogP contribution in [0.2, 0.25) is 0 Å². The van der Waals surface area contributed by atoms with E-state index in [0.29, 0.717) is 24.9 Å². The molecular formula is C16H21NO2. The lowest BCUT2D eigenvalue weighted by atomic mass is 9.90. The minimum Gasteiger partial charge on any atom is -0.311 e. The first-order valence-electron chi connectivity index (χ1n) is 6.72. The lowest BCUT2D eigenvalue weighted by Crippen LogP contribution is -2.39. The van der Waals surface area contributed by atoms with Crippen LogP contribution in [0, 0.1) is 12.3 Å². The number of carbonyl (C=O) groups excluding carboxylic acids is 2. The van der Waals surface area contributed by atoms with E-state index in [-0.39, 0.29) is 17.1 Å². The highest BCUT2D eigenvalue weighted by molar-refractivity contribution is 6.08. The summed E-state index contributed by atoms with van der Waals surface area (Å²) in [5.41, 5.74) is 2.48. The maximum atomic E-state index is 12.4. The number of fused-ring (bicyclic) bond motifs is 1. The van der Waals surface area contributed by atoms with Crippen molar-refractivity contribution in [1.29, 1.82) is 0 Å². The van der Waals surface area contributed by atoms with Gasteiger partial charge < -0.3 is 4.90 Å². The van der Waals surface area contributed by atoms with Crippen molar-refractivity contribution in [3.63, 3.8) is 0 Å². The van der Waals surface area contributed by atoms with Gasteiger partial charge in [-0.25, -0.2) is 0 Å². The van der Waals surface area contributed by atoms with E-state index >= 15 is 0 Å². The second-order valence-corrected chi connectivity index (χ2v) is 6.48. The van der Waals surface area contributed by atoms with Crippen molar-refractivity contribution in [1.82, 2.24) is 0 Å². The third-order valence-electron chi connectivity index (χ3n) is 3.29. The maximum Gasteiger partial charge on any atom is 0.227 e. The largest absolute Gasteiger partial charge is 0.311 e. The van der Waals surface area contributed by atoms with Gasteiger partial charge in [0.2, 0.25) is 5.91 Å². The van der Waals surface area contributed by atoms with Crippen molar-refractivity contribution in [2.75, 3.05) is 11.4 Å². The molecule has 0 fully saturated rings. The van der Waals surface area contributed by atoms with E-state index in [2.05, 4.69) is 20.8 Å². The molecule has 19 heavy (non-hydrogen) atoms. The van der Waals surface area contributed by atoms with Gasteiger partial charge in [0, 0.05) is 24.9 Å². The number of hydrogen-bond donors (Lipinski definition) is 0. The fourth-order valence-corrected chi connectivity index (χ4v) is 2.39. The zero-order valence-corrected chi connectivity index (χ0v) is 12.1. The molecule has 102 valence electrons. The van der Waals surface area contributed by atoms with Gasteiger partial charge in [-0.15, -0.1) is 0 Å². The van der Waals surface area contributed by atoms with E-state index < -0.39 is 0 Å².